The molecule has 1 saturated heterocycles. The molecule has 1 aromatic heterocycles. The molecule has 0 saturated carbocycles. The Balaban J connectivity index is 1.45. The first kappa shape index (κ1) is 26.2. The highest BCUT2D eigenvalue weighted by Crippen LogP contribution is 2.36. The minimum atomic E-state index is -0.0568. The molecule has 1 atom stereocenters. The van der Waals surface area contributed by atoms with Crippen LogP contribution in [0.25, 0.3) is 23.0 Å². The first-order valence-electron chi connectivity index (χ1n) is 12.3. The number of ether oxygens (including phenoxy) is 1. The van der Waals surface area contributed by atoms with Crippen molar-refractivity contribution in [1.29, 1.82) is 0 Å². The van der Waals surface area contributed by atoms with Gasteiger partial charge in [0.15, 0.2) is 0 Å². The normalized spacial score (nSPS) is 15.3. The molecule has 0 unspecified atom stereocenters. The van der Waals surface area contributed by atoms with E-state index in [0.717, 1.165) is 40.2 Å². The number of hydrogen-bond donors (Lipinski definition) is 0. The number of nitrogens with zero attached hydrogens (tertiary/aromatic N) is 3. The second-order valence-corrected chi connectivity index (χ2v) is 11.1. The summed E-state index contributed by atoms with van der Waals surface area (Å²) in [6, 6.07) is 25.4. The summed E-state index contributed by atoms with van der Waals surface area (Å²) in [7, 11) is 0. The highest BCUT2D eigenvalue weighted by molar-refractivity contribution is 8.26. The number of rotatable bonds is 8. The highest BCUT2D eigenvalue weighted by atomic mass is 35.5. The summed E-state index contributed by atoms with van der Waals surface area (Å²) in [4.78, 5) is 15.5. The molecular weight excluding hydrogens is 534 g/mol. The van der Waals surface area contributed by atoms with E-state index in [-0.39, 0.29) is 11.9 Å². The molecule has 8 heteroatoms. The van der Waals surface area contributed by atoms with E-state index in [2.05, 4.69) is 6.92 Å². The maximum Gasteiger partial charge on any atom is 0.266 e. The second-order valence-electron chi connectivity index (χ2n) is 8.96. The molecule has 0 N–H and O–H groups in total. The van der Waals surface area contributed by atoms with Crippen LogP contribution in [-0.4, -0.2) is 30.9 Å². The Bertz CT molecular complexity index is 1480. The summed E-state index contributed by atoms with van der Waals surface area (Å²) in [5.74, 6) is 0.695. The summed E-state index contributed by atoms with van der Waals surface area (Å²) >= 11 is 12.8. The number of thioether (sulfide) groups is 1. The van der Waals surface area contributed by atoms with Gasteiger partial charge in [-0.1, -0.05) is 72.8 Å². The lowest BCUT2D eigenvalue weighted by atomic mass is 10.1. The van der Waals surface area contributed by atoms with Crippen LogP contribution in [-0.2, 0) is 11.4 Å². The summed E-state index contributed by atoms with van der Waals surface area (Å²) in [6.45, 7) is 4.52. The topological polar surface area (TPSA) is 47.4 Å². The van der Waals surface area contributed by atoms with Gasteiger partial charge in [-0.3, -0.25) is 9.69 Å². The Hall–Kier alpha value is -3.39. The Morgan fingerprint density at radius 3 is 2.45 bits per heavy atom. The molecule has 38 heavy (non-hydrogen) atoms. The van der Waals surface area contributed by atoms with Crippen LogP contribution in [0.4, 0.5) is 0 Å². The van der Waals surface area contributed by atoms with Crippen molar-refractivity contribution >= 4 is 51.9 Å². The van der Waals surface area contributed by atoms with Crippen molar-refractivity contribution < 1.29 is 9.53 Å². The van der Waals surface area contributed by atoms with Crippen molar-refractivity contribution in [2.45, 2.75) is 32.9 Å². The maximum absolute atomic E-state index is 13.2. The zero-order chi connectivity index (χ0) is 26.6. The molecule has 4 aromatic rings. The summed E-state index contributed by atoms with van der Waals surface area (Å²) in [5, 5.41) is 5.59. The van der Waals surface area contributed by atoms with E-state index >= 15 is 0 Å². The predicted molar refractivity (Wildman–Crippen MR) is 160 cm³/mol. The lowest BCUT2D eigenvalue weighted by molar-refractivity contribution is -0.123. The van der Waals surface area contributed by atoms with Gasteiger partial charge in [0.25, 0.3) is 5.91 Å². The maximum atomic E-state index is 13.2. The number of carbonyl (C=O) groups is 1. The van der Waals surface area contributed by atoms with Crippen molar-refractivity contribution in [3.05, 3.63) is 106 Å². The number of hydrogen-bond acceptors (Lipinski definition) is 5. The SMILES string of the molecule is CC[C@@H](C)N1C(=O)/C(=C/c2cn(-c3ccccc3)nc2-c2ccc(OCc3ccc(Cl)cc3)cc2)SC1=S. The minimum Gasteiger partial charge on any atom is -0.489 e. The number of aromatic nitrogens is 2. The largest absolute Gasteiger partial charge is 0.489 e. The van der Waals surface area contributed by atoms with Gasteiger partial charge >= 0.3 is 0 Å². The van der Waals surface area contributed by atoms with Gasteiger partial charge in [-0.2, -0.15) is 5.10 Å². The number of carbonyl (C=O) groups excluding carboxylic acids is 1. The lowest BCUT2D eigenvalue weighted by Gasteiger charge is -2.21. The van der Waals surface area contributed by atoms with E-state index in [1.54, 1.807) is 4.90 Å². The van der Waals surface area contributed by atoms with E-state index in [9.17, 15) is 4.79 Å². The van der Waals surface area contributed by atoms with Gasteiger partial charge in [-0.05, 0) is 73.5 Å². The summed E-state index contributed by atoms with van der Waals surface area (Å²) in [6.07, 6.45) is 4.68. The molecule has 1 aliphatic rings. The Labute approximate surface area is 237 Å². The number of thiocarbonyl (C=S) groups is 1. The Kier molecular flexibility index (Phi) is 7.98. The highest BCUT2D eigenvalue weighted by Gasteiger charge is 2.35. The monoisotopic (exact) mass is 559 g/mol. The van der Waals surface area contributed by atoms with Crippen molar-refractivity contribution in [2.75, 3.05) is 0 Å². The lowest BCUT2D eigenvalue weighted by Crippen LogP contribution is -2.36. The molecule has 0 aliphatic carbocycles. The molecule has 192 valence electrons. The van der Waals surface area contributed by atoms with E-state index in [1.807, 2.05) is 103 Å². The number of para-hydroxylation sites is 1. The average Bonchev–Trinajstić information content (AvgIpc) is 3.49. The van der Waals surface area contributed by atoms with E-state index in [0.29, 0.717) is 20.9 Å². The number of benzene rings is 3. The first-order valence-corrected chi connectivity index (χ1v) is 13.9. The van der Waals surface area contributed by atoms with Gasteiger partial charge < -0.3 is 4.74 Å². The van der Waals surface area contributed by atoms with Crippen LogP contribution in [0.5, 0.6) is 5.75 Å². The third kappa shape index (κ3) is 5.70. The van der Waals surface area contributed by atoms with Gasteiger partial charge in [0, 0.05) is 28.4 Å². The van der Waals surface area contributed by atoms with Gasteiger partial charge in [0.1, 0.15) is 16.7 Å². The van der Waals surface area contributed by atoms with Crippen molar-refractivity contribution in [2.24, 2.45) is 0 Å². The van der Waals surface area contributed by atoms with Gasteiger partial charge in [-0.15, -0.1) is 0 Å². The van der Waals surface area contributed by atoms with E-state index < -0.39 is 0 Å². The minimum absolute atomic E-state index is 0.0559. The molecule has 5 nitrogen and oxygen atoms in total. The summed E-state index contributed by atoms with van der Waals surface area (Å²) in [5.41, 5.74) is 4.50. The van der Waals surface area contributed by atoms with Crippen LogP contribution < -0.4 is 4.74 Å². The predicted octanol–water partition coefficient (Wildman–Crippen LogP) is 7.77. The van der Waals surface area contributed by atoms with Crippen LogP contribution in [0.1, 0.15) is 31.4 Å². The third-order valence-corrected chi connectivity index (χ3v) is 7.93. The molecule has 0 spiro atoms. The molecule has 5 rings (SSSR count). The van der Waals surface area contributed by atoms with Crippen molar-refractivity contribution in [3.8, 4) is 22.7 Å². The van der Waals surface area contributed by atoms with Crippen LogP contribution in [0.3, 0.4) is 0 Å². The fraction of sp³-hybridized carbons (Fsp3) is 0.167. The fourth-order valence-corrected chi connectivity index (χ4v) is 5.65. The number of amides is 1. The quantitative estimate of drug-likeness (QED) is 0.163. The molecule has 0 radical (unpaired) electrons. The fourth-order valence-electron chi connectivity index (χ4n) is 4.07. The molecular formula is C30H26ClN3O2S2. The molecule has 0 bridgehead atoms. The standard InChI is InChI=1S/C30H26ClN3O2S2/c1-3-20(2)34-29(35)27(38-30(34)37)17-23-18-33(25-7-5-4-6-8-25)32-28(23)22-11-15-26(16-12-22)36-19-21-9-13-24(31)14-10-21/h4-18,20H,3,19H2,1-2H3/b27-17-/t20-/m1/s1. The van der Waals surface area contributed by atoms with Crippen molar-refractivity contribution in [1.82, 2.24) is 14.7 Å². The first-order chi connectivity index (χ1) is 18.4. The average molecular weight is 560 g/mol. The van der Waals surface area contributed by atoms with Gasteiger partial charge in [0.2, 0.25) is 0 Å². The zero-order valence-electron chi connectivity index (χ0n) is 21.0. The molecule has 1 fully saturated rings. The van der Waals surface area contributed by atoms with Crippen LogP contribution >= 0.6 is 35.6 Å². The van der Waals surface area contributed by atoms with Crippen molar-refractivity contribution in [3.63, 3.8) is 0 Å². The smallest absolute Gasteiger partial charge is 0.266 e. The molecule has 3 aromatic carbocycles. The van der Waals surface area contributed by atoms with Gasteiger partial charge in [-0.25, -0.2) is 4.68 Å². The third-order valence-electron chi connectivity index (χ3n) is 6.35. The van der Waals surface area contributed by atoms with Crippen LogP contribution in [0.15, 0.2) is 90.0 Å². The summed E-state index contributed by atoms with van der Waals surface area (Å²) < 4.78 is 8.38. The zero-order valence-corrected chi connectivity index (χ0v) is 23.4. The second kappa shape index (κ2) is 11.6. The molecule has 2 heterocycles. The number of halogens is 1. The Morgan fingerprint density at radius 2 is 1.76 bits per heavy atom. The van der Waals surface area contributed by atoms with Gasteiger partial charge in [0.05, 0.1) is 16.3 Å². The van der Waals surface area contributed by atoms with Crippen LogP contribution in [0.2, 0.25) is 5.02 Å². The van der Waals surface area contributed by atoms with E-state index in [4.69, 9.17) is 33.7 Å². The Morgan fingerprint density at radius 1 is 1.05 bits per heavy atom. The van der Waals surface area contributed by atoms with E-state index in [1.165, 1.54) is 11.8 Å². The molecule has 1 aliphatic heterocycles. The molecule has 1 amide bonds. The van der Waals surface area contributed by atoms with Crippen LogP contribution in [0, 0.1) is 0 Å².